The maximum absolute atomic E-state index is 11.3. The lowest BCUT2D eigenvalue weighted by Gasteiger charge is -2.05. The Balaban J connectivity index is 1.96. The van der Waals surface area contributed by atoms with Gasteiger partial charge in [0.25, 0.3) is 0 Å². The topological polar surface area (TPSA) is 100 Å². The molecule has 0 unspecified atom stereocenters. The van der Waals surface area contributed by atoms with Crippen LogP contribution in [0.2, 0.25) is 0 Å². The predicted octanol–water partition coefficient (Wildman–Crippen LogP) is 1.58. The van der Waals surface area contributed by atoms with Gasteiger partial charge in [-0.1, -0.05) is 17.8 Å². The van der Waals surface area contributed by atoms with Crippen molar-refractivity contribution in [1.82, 2.24) is 19.6 Å². The first-order valence-corrected chi connectivity index (χ1v) is 6.81. The van der Waals surface area contributed by atoms with Crippen LogP contribution in [0.25, 0.3) is 5.65 Å². The van der Waals surface area contributed by atoms with Crippen molar-refractivity contribution >= 4 is 23.4 Å². The Kier molecular flexibility index (Phi) is 3.22. The van der Waals surface area contributed by atoms with E-state index in [4.69, 9.17) is 5.11 Å². The normalized spacial score (nSPS) is 10.9. The minimum absolute atomic E-state index is 0.261. The zero-order valence-corrected chi connectivity index (χ0v) is 11.7. The molecule has 0 radical (unpaired) electrons. The number of nitrogens with zero attached hydrogens (tertiary/aromatic N) is 3. The van der Waals surface area contributed by atoms with Crippen LogP contribution in [0.15, 0.2) is 45.3 Å². The summed E-state index contributed by atoms with van der Waals surface area (Å²) in [6, 6.07) is 6.84. The van der Waals surface area contributed by atoms with Crippen molar-refractivity contribution in [3.63, 3.8) is 0 Å². The summed E-state index contributed by atoms with van der Waals surface area (Å²) in [6.45, 7) is 1.75. The van der Waals surface area contributed by atoms with Gasteiger partial charge >= 0.3 is 11.7 Å². The Labute approximate surface area is 122 Å². The second-order valence-electron chi connectivity index (χ2n) is 4.37. The monoisotopic (exact) mass is 302 g/mol. The number of hydrogen-bond acceptors (Lipinski definition) is 5. The molecule has 0 spiro atoms. The highest BCUT2D eigenvalue weighted by molar-refractivity contribution is 7.99. The maximum atomic E-state index is 11.3. The first-order valence-electron chi connectivity index (χ1n) is 5.99. The third-order valence-corrected chi connectivity index (χ3v) is 3.87. The lowest BCUT2D eigenvalue weighted by atomic mass is 10.1. The molecule has 3 rings (SSSR count). The van der Waals surface area contributed by atoms with E-state index in [0.717, 1.165) is 4.90 Å². The van der Waals surface area contributed by atoms with Crippen molar-refractivity contribution < 1.29 is 9.90 Å². The average molecular weight is 302 g/mol. The standard InChI is InChI=1S/C13H10N4O3S/c1-7-2-3-8(4-9(7)12(18)19)21-11-5-10-15-16-13(20)17(10)6-14-11/h2-6H,1H3,(H,16,20)(H,18,19). The quantitative estimate of drug-likeness (QED) is 0.712. The Morgan fingerprint density at radius 3 is 2.95 bits per heavy atom. The van der Waals surface area contributed by atoms with Crippen LogP contribution in [0.3, 0.4) is 0 Å². The minimum atomic E-state index is -0.961. The van der Waals surface area contributed by atoms with E-state index in [1.807, 2.05) is 6.07 Å². The molecule has 0 aliphatic carbocycles. The molecule has 2 N–H and O–H groups in total. The second-order valence-corrected chi connectivity index (χ2v) is 5.46. The molecular formula is C13H10N4O3S. The number of aromatic carboxylic acids is 1. The molecule has 0 aliphatic rings. The Hall–Kier alpha value is -2.61. The first kappa shape index (κ1) is 13.4. The van der Waals surface area contributed by atoms with Crippen LogP contribution >= 0.6 is 11.8 Å². The molecule has 3 aromatic rings. The van der Waals surface area contributed by atoms with Crippen molar-refractivity contribution in [2.45, 2.75) is 16.8 Å². The fraction of sp³-hybridized carbons (Fsp3) is 0.0769. The fourth-order valence-electron chi connectivity index (χ4n) is 1.86. The van der Waals surface area contributed by atoms with Crippen molar-refractivity contribution in [3.8, 4) is 0 Å². The summed E-state index contributed by atoms with van der Waals surface area (Å²) >= 11 is 1.31. The van der Waals surface area contributed by atoms with Crippen LogP contribution in [0.5, 0.6) is 0 Å². The summed E-state index contributed by atoms with van der Waals surface area (Å²) < 4.78 is 1.29. The van der Waals surface area contributed by atoms with E-state index >= 15 is 0 Å². The number of rotatable bonds is 3. The van der Waals surface area contributed by atoms with Gasteiger partial charge in [-0.3, -0.25) is 0 Å². The van der Waals surface area contributed by atoms with E-state index in [2.05, 4.69) is 15.2 Å². The molecule has 0 bridgehead atoms. The molecule has 106 valence electrons. The van der Waals surface area contributed by atoms with Crippen molar-refractivity contribution in [2.75, 3.05) is 0 Å². The zero-order chi connectivity index (χ0) is 15.0. The number of hydrogen-bond donors (Lipinski definition) is 2. The number of carboxylic acid groups (broad SMARTS) is 1. The van der Waals surface area contributed by atoms with Gasteiger partial charge in [0.2, 0.25) is 0 Å². The molecule has 0 amide bonds. The van der Waals surface area contributed by atoms with Crippen LogP contribution in [0, 0.1) is 6.92 Å². The molecule has 0 fully saturated rings. The molecule has 2 aromatic heterocycles. The molecule has 0 aliphatic heterocycles. The van der Waals surface area contributed by atoms with Gasteiger partial charge in [0.1, 0.15) is 11.4 Å². The zero-order valence-electron chi connectivity index (χ0n) is 10.9. The van der Waals surface area contributed by atoms with Gasteiger partial charge in [-0.15, -0.1) is 0 Å². The van der Waals surface area contributed by atoms with Crippen LogP contribution in [-0.4, -0.2) is 30.7 Å². The van der Waals surface area contributed by atoms with Gasteiger partial charge in [-0.05, 0) is 24.6 Å². The molecular weight excluding hydrogens is 292 g/mol. The number of H-pyrrole nitrogens is 1. The fourth-order valence-corrected chi connectivity index (χ4v) is 2.68. The maximum Gasteiger partial charge on any atom is 0.348 e. The molecule has 0 saturated heterocycles. The minimum Gasteiger partial charge on any atom is -0.478 e. The molecule has 1 aromatic carbocycles. The van der Waals surface area contributed by atoms with Crippen LogP contribution in [-0.2, 0) is 0 Å². The highest BCUT2D eigenvalue weighted by Gasteiger charge is 2.10. The van der Waals surface area contributed by atoms with Gasteiger partial charge < -0.3 is 5.11 Å². The third-order valence-electron chi connectivity index (χ3n) is 2.95. The predicted molar refractivity (Wildman–Crippen MR) is 75.9 cm³/mol. The first-order chi connectivity index (χ1) is 10.0. The largest absolute Gasteiger partial charge is 0.478 e. The van der Waals surface area contributed by atoms with E-state index in [1.165, 1.54) is 22.5 Å². The molecule has 0 atom stereocenters. The summed E-state index contributed by atoms with van der Waals surface area (Å²) in [4.78, 5) is 27.4. The van der Waals surface area contributed by atoms with Gasteiger partial charge in [0.15, 0.2) is 5.65 Å². The van der Waals surface area contributed by atoms with Crippen LogP contribution in [0.1, 0.15) is 15.9 Å². The van der Waals surface area contributed by atoms with E-state index in [-0.39, 0.29) is 11.3 Å². The highest BCUT2D eigenvalue weighted by Crippen LogP contribution is 2.27. The van der Waals surface area contributed by atoms with E-state index < -0.39 is 5.97 Å². The third kappa shape index (κ3) is 2.52. The Bertz CT molecular complexity index is 900. The summed E-state index contributed by atoms with van der Waals surface area (Å²) in [7, 11) is 0. The number of aryl methyl sites for hydroxylation is 1. The van der Waals surface area contributed by atoms with E-state index in [0.29, 0.717) is 16.2 Å². The van der Waals surface area contributed by atoms with Crippen molar-refractivity contribution in [2.24, 2.45) is 0 Å². The lowest BCUT2D eigenvalue weighted by molar-refractivity contribution is 0.0696. The molecule has 7 nitrogen and oxygen atoms in total. The van der Waals surface area contributed by atoms with E-state index in [1.54, 1.807) is 25.1 Å². The molecule has 21 heavy (non-hydrogen) atoms. The van der Waals surface area contributed by atoms with Crippen molar-refractivity contribution in [1.29, 1.82) is 0 Å². The van der Waals surface area contributed by atoms with E-state index in [9.17, 15) is 9.59 Å². The number of aromatic amines is 1. The number of aromatic nitrogens is 4. The summed E-state index contributed by atoms with van der Waals surface area (Å²) in [5.74, 6) is -0.961. The summed E-state index contributed by atoms with van der Waals surface area (Å²) in [6.07, 6.45) is 1.38. The number of carbonyl (C=O) groups is 1. The highest BCUT2D eigenvalue weighted by atomic mass is 32.2. The smallest absolute Gasteiger partial charge is 0.348 e. The Morgan fingerprint density at radius 2 is 2.19 bits per heavy atom. The molecule has 8 heteroatoms. The van der Waals surface area contributed by atoms with Crippen LogP contribution in [0.4, 0.5) is 0 Å². The molecule has 2 heterocycles. The summed E-state index contributed by atoms with van der Waals surface area (Å²) in [5, 5.41) is 15.9. The second kappa shape index (κ2) is 5.06. The number of fused-ring (bicyclic) bond motifs is 1. The van der Waals surface area contributed by atoms with Gasteiger partial charge in [-0.25, -0.2) is 24.1 Å². The van der Waals surface area contributed by atoms with Gasteiger partial charge in [0, 0.05) is 11.0 Å². The number of benzene rings is 1. The Morgan fingerprint density at radius 1 is 1.38 bits per heavy atom. The lowest BCUT2D eigenvalue weighted by Crippen LogP contribution is -2.09. The number of nitrogens with one attached hydrogen (secondary N) is 1. The average Bonchev–Trinajstić information content (AvgIpc) is 2.82. The van der Waals surface area contributed by atoms with Crippen molar-refractivity contribution in [3.05, 3.63) is 52.2 Å². The SMILES string of the molecule is Cc1ccc(Sc2cc3n[nH]c(=O)n3cn2)cc1C(=O)O. The van der Waals surface area contributed by atoms with Gasteiger partial charge in [-0.2, -0.15) is 5.10 Å². The van der Waals surface area contributed by atoms with Gasteiger partial charge in [0.05, 0.1) is 5.56 Å². The summed E-state index contributed by atoms with van der Waals surface area (Å²) in [5.41, 5.74) is 1.08. The molecule has 0 saturated carbocycles. The van der Waals surface area contributed by atoms with Crippen LogP contribution < -0.4 is 5.69 Å². The number of carboxylic acids is 1.